The average Bonchev–Trinajstić information content (AvgIpc) is 3.14. The number of hydrogen-bond acceptors (Lipinski definition) is 2. The number of fused-ring (bicyclic) bond motifs is 9. The third-order valence-corrected chi connectivity index (χ3v) is 8.77. The van der Waals surface area contributed by atoms with Gasteiger partial charge in [-0.25, -0.2) is 0 Å². The Hall–Kier alpha value is -0.560. The standard InChI is InChI=1S/C16H21F3O3S/c1-15(16(17,18)19,23(20,21)22)7-11-5-10-6-12(11)14-9-3-2-8(4-9)13(10)14/h2-3,8-14H,4-7H2,1H3,(H,20,21,22). The van der Waals surface area contributed by atoms with Crippen molar-refractivity contribution in [1.29, 1.82) is 0 Å². The molecule has 0 aromatic carbocycles. The Kier molecular flexibility index (Phi) is 3.14. The van der Waals surface area contributed by atoms with Crippen molar-refractivity contribution >= 4 is 10.1 Å². The van der Waals surface area contributed by atoms with Gasteiger partial charge in [-0.2, -0.15) is 21.6 Å². The number of rotatable bonds is 3. The van der Waals surface area contributed by atoms with Crippen molar-refractivity contribution in [2.24, 2.45) is 41.4 Å². The van der Waals surface area contributed by atoms with Crippen LogP contribution in [0.4, 0.5) is 13.2 Å². The number of halogens is 3. The number of alkyl halides is 3. The summed E-state index contributed by atoms with van der Waals surface area (Å²) in [5.74, 6) is 2.40. The van der Waals surface area contributed by atoms with Gasteiger partial charge in [0.25, 0.3) is 10.1 Å². The van der Waals surface area contributed by atoms with Crippen LogP contribution in [-0.4, -0.2) is 23.9 Å². The zero-order valence-electron chi connectivity index (χ0n) is 12.8. The van der Waals surface area contributed by atoms with Crippen LogP contribution in [0, 0.1) is 41.4 Å². The van der Waals surface area contributed by atoms with E-state index >= 15 is 0 Å². The monoisotopic (exact) mass is 350 g/mol. The molecule has 23 heavy (non-hydrogen) atoms. The molecule has 130 valence electrons. The smallest absolute Gasteiger partial charge is 0.285 e. The second kappa shape index (κ2) is 4.54. The summed E-state index contributed by atoms with van der Waals surface area (Å²) in [5, 5.41) is 0. The first-order valence-electron chi connectivity index (χ1n) is 8.25. The normalized spacial score (nSPS) is 47.1. The van der Waals surface area contributed by atoms with Crippen LogP contribution in [0.15, 0.2) is 12.2 Å². The third-order valence-electron chi connectivity index (χ3n) is 7.23. The van der Waals surface area contributed by atoms with Gasteiger partial charge in [-0.1, -0.05) is 12.2 Å². The Balaban J connectivity index is 1.60. The van der Waals surface area contributed by atoms with Gasteiger partial charge in [-0.05, 0) is 74.0 Å². The van der Waals surface area contributed by atoms with E-state index in [9.17, 15) is 26.1 Å². The Morgan fingerprint density at radius 2 is 1.70 bits per heavy atom. The molecule has 0 aliphatic heterocycles. The van der Waals surface area contributed by atoms with Crippen LogP contribution < -0.4 is 0 Å². The topological polar surface area (TPSA) is 54.4 Å². The van der Waals surface area contributed by atoms with E-state index in [4.69, 9.17) is 0 Å². The Morgan fingerprint density at radius 1 is 1.09 bits per heavy atom. The Labute approximate surface area is 134 Å². The van der Waals surface area contributed by atoms with Crippen LogP contribution in [-0.2, 0) is 10.1 Å². The van der Waals surface area contributed by atoms with Gasteiger partial charge in [0.05, 0.1) is 0 Å². The van der Waals surface area contributed by atoms with Gasteiger partial charge in [-0.3, -0.25) is 4.55 Å². The molecular formula is C16H21F3O3S. The molecule has 8 unspecified atom stereocenters. The molecule has 0 amide bonds. The third kappa shape index (κ3) is 2.01. The van der Waals surface area contributed by atoms with Gasteiger partial charge >= 0.3 is 6.18 Å². The van der Waals surface area contributed by atoms with E-state index in [1.165, 1.54) is 0 Å². The maximum atomic E-state index is 13.4. The highest BCUT2D eigenvalue weighted by atomic mass is 32.2. The first-order chi connectivity index (χ1) is 10.5. The Morgan fingerprint density at radius 3 is 2.26 bits per heavy atom. The summed E-state index contributed by atoms with van der Waals surface area (Å²) in [7, 11) is -5.20. The maximum Gasteiger partial charge on any atom is 0.410 e. The van der Waals surface area contributed by atoms with Crippen molar-refractivity contribution in [2.75, 3.05) is 0 Å². The minimum Gasteiger partial charge on any atom is -0.285 e. The van der Waals surface area contributed by atoms with Crippen LogP contribution in [0.5, 0.6) is 0 Å². The fraction of sp³-hybridized carbons (Fsp3) is 0.875. The first kappa shape index (κ1) is 15.9. The lowest BCUT2D eigenvalue weighted by Gasteiger charge is -2.40. The highest BCUT2D eigenvalue weighted by Gasteiger charge is 2.66. The summed E-state index contributed by atoms with van der Waals surface area (Å²) in [6.45, 7) is 0.631. The van der Waals surface area contributed by atoms with E-state index in [2.05, 4.69) is 12.2 Å². The van der Waals surface area contributed by atoms with E-state index in [1.807, 2.05) is 0 Å². The molecule has 4 rings (SSSR count). The molecule has 1 N–H and O–H groups in total. The van der Waals surface area contributed by atoms with Crippen molar-refractivity contribution in [1.82, 2.24) is 0 Å². The lowest BCUT2D eigenvalue weighted by atomic mass is 9.67. The first-order valence-corrected chi connectivity index (χ1v) is 9.69. The van der Waals surface area contributed by atoms with Crippen molar-refractivity contribution in [3.05, 3.63) is 12.2 Å². The molecule has 4 bridgehead atoms. The van der Waals surface area contributed by atoms with Crippen molar-refractivity contribution in [2.45, 2.75) is 43.5 Å². The van der Waals surface area contributed by atoms with E-state index in [0.29, 0.717) is 42.9 Å². The summed E-state index contributed by atoms with van der Waals surface area (Å²) < 4.78 is 69.2. The zero-order valence-corrected chi connectivity index (χ0v) is 13.6. The fourth-order valence-electron chi connectivity index (χ4n) is 6.26. The van der Waals surface area contributed by atoms with E-state index in [1.54, 1.807) is 0 Å². The molecule has 8 atom stereocenters. The van der Waals surface area contributed by atoms with Crippen LogP contribution in [0.1, 0.15) is 32.6 Å². The van der Waals surface area contributed by atoms with Gasteiger partial charge in [0.15, 0.2) is 4.75 Å². The molecule has 7 heteroatoms. The van der Waals surface area contributed by atoms with Gasteiger partial charge in [0.1, 0.15) is 0 Å². The van der Waals surface area contributed by atoms with Crippen LogP contribution in [0.25, 0.3) is 0 Å². The molecule has 0 spiro atoms. The van der Waals surface area contributed by atoms with Crippen molar-refractivity contribution < 1.29 is 26.1 Å². The zero-order chi connectivity index (χ0) is 16.8. The summed E-state index contributed by atoms with van der Waals surface area (Å²) in [6, 6.07) is 0. The molecule has 0 radical (unpaired) electrons. The average molecular weight is 350 g/mol. The van der Waals surface area contributed by atoms with Gasteiger partial charge in [-0.15, -0.1) is 0 Å². The minimum absolute atomic E-state index is 0.174. The summed E-state index contributed by atoms with van der Waals surface area (Å²) in [5.41, 5.74) is 0. The molecule has 3 nitrogen and oxygen atoms in total. The van der Waals surface area contributed by atoms with Crippen molar-refractivity contribution in [3.63, 3.8) is 0 Å². The molecule has 4 aliphatic carbocycles. The highest BCUT2D eigenvalue weighted by molar-refractivity contribution is 7.87. The highest BCUT2D eigenvalue weighted by Crippen LogP contribution is 2.68. The van der Waals surface area contributed by atoms with Gasteiger partial charge < -0.3 is 0 Å². The second-order valence-electron chi connectivity index (χ2n) is 8.17. The number of allylic oxidation sites excluding steroid dienone is 2. The Bertz CT molecular complexity index is 656. The van der Waals surface area contributed by atoms with Crippen molar-refractivity contribution in [3.8, 4) is 0 Å². The minimum atomic E-state index is -5.20. The van der Waals surface area contributed by atoms with E-state index in [-0.39, 0.29) is 11.8 Å². The summed E-state index contributed by atoms with van der Waals surface area (Å²) in [6.07, 6.45) is 1.70. The van der Waals surface area contributed by atoms with Gasteiger partial charge in [0, 0.05) is 0 Å². The quantitative estimate of drug-likeness (QED) is 0.480. The molecule has 4 aliphatic rings. The van der Waals surface area contributed by atoms with Crippen LogP contribution in [0.3, 0.4) is 0 Å². The predicted molar refractivity (Wildman–Crippen MR) is 78.0 cm³/mol. The van der Waals surface area contributed by atoms with E-state index in [0.717, 1.165) is 12.8 Å². The lowest BCUT2D eigenvalue weighted by molar-refractivity contribution is -0.164. The largest absolute Gasteiger partial charge is 0.410 e. The van der Waals surface area contributed by atoms with Gasteiger partial charge in [0.2, 0.25) is 0 Å². The fourth-order valence-corrected chi connectivity index (χ4v) is 6.97. The molecule has 0 heterocycles. The van der Waals surface area contributed by atoms with E-state index < -0.39 is 27.5 Å². The molecule has 3 saturated carbocycles. The summed E-state index contributed by atoms with van der Waals surface area (Å²) in [4.78, 5) is 0. The number of hydrogen-bond donors (Lipinski definition) is 1. The molecule has 3 fully saturated rings. The van der Waals surface area contributed by atoms with Crippen LogP contribution >= 0.6 is 0 Å². The SMILES string of the molecule is CC(CC1CC2CC1C1C3C=CC(C3)C21)(C(F)(F)F)S(=O)(=O)O. The lowest BCUT2D eigenvalue weighted by Crippen LogP contribution is -2.51. The summed E-state index contributed by atoms with van der Waals surface area (Å²) >= 11 is 0. The molecule has 0 aromatic heterocycles. The molecule has 0 aromatic rings. The predicted octanol–water partition coefficient (Wildman–Crippen LogP) is 3.68. The second-order valence-corrected chi connectivity index (χ2v) is 10.0. The molecule has 0 saturated heterocycles. The maximum absolute atomic E-state index is 13.4. The molecular weight excluding hydrogens is 329 g/mol. The van der Waals surface area contributed by atoms with Crippen LogP contribution in [0.2, 0.25) is 0 Å².